The van der Waals surface area contributed by atoms with Gasteiger partial charge in [0.25, 0.3) is 0 Å². The predicted octanol–water partition coefficient (Wildman–Crippen LogP) is 2.68. The lowest BCUT2D eigenvalue weighted by Crippen LogP contribution is -2.12. The van der Waals surface area contributed by atoms with Crippen LogP contribution < -0.4 is 5.73 Å². The first-order valence-corrected chi connectivity index (χ1v) is 6.35. The van der Waals surface area contributed by atoms with Crippen molar-refractivity contribution in [3.8, 4) is 0 Å². The van der Waals surface area contributed by atoms with Crippen LogP contribution in [0.1, 0.15) is 57.6 Å². The molecular formula is C13H25N3. The van der Waals surface area contributed by atoms with Crippen molar-refractivity contribution in [1.82, 2.24) is 9.78 Å². The summed E-state index contributed by atoms with van der Waals surface area (Å²) in [6, 6.07) is 0.0887. The third-order valence-corrected chi connectivity index (χ3v) is 2.84. The highest BCUT2D eigenvalue weighted by molar-refractivity contribution is 5.29. The van der Waals surface area contributed by atoms with E-state index >= 15 is 0 Å². The molecule has 0 fully saturated rings. The molecule has 16 heavy (non-hydrogen) atoms. The van der Waals surface area contributed by atoms with E-state index in [1.165, 1.54) is 17.0 Å². The second-order valence-corrected chi connectivity index (χ2v) is 4.88. The Hall–Kier alpha value is -0.830. The van der Waals surface area contributed by atoms with Crippen molar-refractivity contribution in [3.05, 3.63) is 17.0 Å². The van der Waals surface area contributed by atoms with Crippen LogP contribution in [0.2, 0.25) is 0 Å². The molecule has 1 heterocycles. The van der Waals surface area contributed by atoms with Gasteiger partial charge in [0.1, 0.15) is 0 Å². The van der Waals surface area contributed by atoms with Crippen molar-refractivity contribution in [2.75, 3.05) is 0 Å². The van der Waals surface area contributed by atoms with Gasteiger partial charge in [0.2, 0.25) is 0 Å². The van der Waals surface area contributed by atoms with Crippen LogP contribution in [0.5, 0.6) is 0 Å². The summed E-state index contributed by atoms with van der Waals surface area (Å²) in [5.41, 5.74) is 9.82. The molecule has 0 bridgehead atoms. The molecule has 1 aromatic rings. The second kappa shape index (κ2) is 5.48. The first kappa shape index (κ1) is 13.2. The summed E-state index contributed by atoms with van der Waals surface area (Å²) in [7, 11) is 0. The molecule has 3 nitrogen and oxygen atoms in total. The number of nitrogens with zero attached hydrogens (tertiary/aromatic N) is 2. The van der Waals surface area contributed by atoms with Crippen LogP contribution in [0.25, 0.3) is 0 Å². The van der Waals surface area contributed by atoms with Crippen molar-refractivity contribution in [1.29, 1.82) is 0 Å². The molecule has 92 valence electrons. The third-order valence-electron chi connectivity index (χ3n) is 2.84. The average Bonchev–Trinajstić information content (AvgIpc) is 2.54. The lowest BCUT2D eigenvalue weighted by molar-refractivity contribution is 0.466. The van der Waals surface area contributed by atoms with Crippen molar-refractivity contribution in [2.24, 2.45) is 11.7 Å². The van der Waals surface area contributed by atoms with Crippen LogP contribution in [-0.2, 0) is 19.4 Å². The highest BCUT2D eigenvalue weighted by Crippen LogP contribution is 2.22. The van der Waals surface area contributed by atoms with Crippen molar-refractivity contribution in [3.63, 3.8) is 0 Å². The molecule has 0 aliphatic heterocycles. The van der Waals surface area contributed by atoms with Crippen LogP contribution in [0.3, 0.4) is 0 Å². The molecule has 3 heteroatoms. The molecule has 1 aromatic heterocycles. The quantitative estimate of drug-likeness (QED) is 0.834. The van der Waals surface area contributed by atoms with E-state index in [4.69, 9.17) is 10.8 Å². The zero-order valence-corrected chi connectivity index (χ0v) is 11.2. The monoisotopic (exact) mass is 223 g/mol. The Morgan fingerprint density at radius 2 is 1.81 bits per heavy atom. The fraction of sp³-hybridized carbons (Fsp3) is 0.769. The van der Waals surface area contributed by atoms with Gasteiger partial charge in [0.15, 0.2) is 0 Å². The predicted molar refractivity (Wildman–Crippen MR) is 68.4 cm³/mol. The summed E-state index contributed by atoms with van der Waals surface area (Å²) in [4.78, 5) is 0. The second-order valence-electron chi connectivity index (χ2n) is 4.88. The van der Waals surface area contributed by atoms with Crippen LogP contribution >= 0.6 is 0 Å². The van der Waals surface area contributed by atoms with Gasteiger partial charge in [-0.25, -0.2) is 0 Å². The molecule has 0 aromatic carbocycles. The van der Waals surface area contributed by atoms with Gasteiger partial charge in [-0.1, -0.05) is 27.7 Å². The molecule has 0 saturated carbocycles. The maximum Gasteiger partial charge on any atom is 0.0672 e. The van der Waals surface area contributed by atoms with Crippen LogP contribution in [0.4, 0.5) is 0 Å². The van der Waals surface area contributed by atoms with E-state index in [0.29, 0.717) is 5.92 Å². The van der Waals surface area contributed by atoms with E-state index in [2.05, 4.69) is 39.3 Å². The highest BCUT2D eigenvalue weighted by Gasteiger charge is 2.18. The van der Waals surface area contributed by atoms with Crippen molar-refractivity contribution in [2.45, 2.75) is 60.0 Å². The number of hydrogen-bond donors (Lipinski definition) is 1. The molecule has 0 spiro atoms. The van der Waals surface area contributed by atoms with Gasteiger partial charge in [-0.3, -0.25) is 4.68 Å². The Morgan fingerprint density at radius 1 is 1.19 bits per heavy atom. The van der Waals surface area contributed by atoms with Gasteiger partial charge in [-0.05, 0) is 25.7 Å². The first-order valence-electron chi connectivity index (χ1n) is 6.35. The maximum atomic E-state index is 6.06. The highest BCUT2D eigenvalue weighted by atomic mass is 15.3. The van der Waals surface area contributed by atoms with E-state index in [-0.39, 0.29) is 6.04 Å². The smallest absolute Gasteiger partial charge is 0.0672 e. The van der Waals surface area contributed by atoms with Gasteiger partial charge in [0.05, 0.1) is 5.69 Å². The number of aromatic nitrogens is 2. The number of aryl methyl sites for hydroxylation is 1. The zero-order chi connectivity index (χ0) is 12.3. The molecular weight excluding hydrogens is 198 g/mol. The maximum absolute atomic E-state index is 6.06. The van der Waals surface area contributed by atoms with Gasteiger partial charge >= 0.3 is 0 Å². The summed E-state index contributed by atoms with van der Waals surface area (Å²) in [6.45, 7) is 11.8. The van der Waals surface area contributed by atoms with E-state index in [9.17, 15) is 0 Å². The molecule has 0 aliphatic carbocycles. The molecule has 0 saturated heterocycles. The molecule has 0 aliphatic rings. The minimum absolute atomic E-state index is 0.0887. The summed E-state index contributed by atoms with van der Waals surface area (Å²) in [5, 5.41) is 4.70. The Bertz CT molecular complexity index is 337. The largest absolute Gasteiger partial charge is 0.324 e. The van der Waals surface area contributed by atoms with Gasteiger partial charge in [-0.15, -0.1) is 0 Å². The SMILES string of the molecule is CCc1nn(CC(C)C)c(CC)c1C(C)N. The summed E-state index contributed by atoms with van der Waals surface area (Å²) in [5.74, 6) is 0.621. The van der Waals surface area contributed by atoms with Crippen LogP contribution in [-0.4, -0.2) is 9.78 Å². The molecule has 1 atom stereocenters. The molecule has 0 radical (unpaired) electrons. The van der Waals surface area contributed by atoms with E-state index in [1.807, 2.05) is 0 Å². The lowest BCUT2D eigenvalue weighted by atomic mass is 10.0. The first-order chi connectivity index (χ1) is 7.51. The van der Waals surface area contributed by atoms with Gasteiger partial charge in [-0.2, -0.15) is 5.10 Å². The van der Waals surface area contributed by atoms with E-state index < -0.39 is 0 Å². The number of hydrogen-bond acceptors (Lipinski definition) is 2. The van der Waals surface area contributed by atoms with Crippen LogP contribution in [0, 0.1) is 5.92 Å². The third kappa shape index (κ3) is 2.64. The van der Waals surface area contributed by atoms with E-state index in [1.54, 1.807) is 0 Å². The Morgan fingerprint density at radius 3 is 2.19 bits per heavy atom. The molecule has 1 unspecified atom stereocenters. The topological polar surface area (TPSA) is 43.8 Å². The van der Waals surface area contributed by atoms with Gasteiger partial charge in [0, 0.05) is 23.8 Å². The number of nitrogens with two attached hydrogens (primary N) is 1. The van der Waals surface area contributed by atoms with E-state index in [0.717, 1.165) is 19.4 Å². The Kier molecular flexibility index (Phi) is 4.54. The summed E-state index contributed by atoms with van der Waals surface area (Å²) in [6.07, 6.45) is 1.98. The fourth-order valence-electron chi connectivity index (χ4n) is 2.22. The minimum atomic E-state index is 0.0887. The summed E-state index contributed by atoms with van der Waals surface area (Å²) >= 11 is 0. The van der Waals surface area contributed by atoms with Crippen LogP contribution in [0.15, 0.2) is 0 Å². The molecule has 2 N–H and O–H groups in total. The fourth-order valence-corrected chi connectivity index (χ4v) is 2.22. The normalized spacial score (nSPS) is 13.4. The van der Waals surface area contributed by atoms with Gasteiger partial charge < -0.3 is 5.73 Å². The van der Waals surface area contributed by atoms with Crippen molar-refractivity contribution >= 4 is 0 Å². The average molecular weight is 223 g/mol. The molecule has 1 rings (SSSR count). The number of rotatable bonds is 5. The Balaban J connectivity index is 3.19. The lowest BCUT2D eigenvalue weighted by Gasteiger charge is -2.11. The van der Waals surface area contributed by atoms with Crippen molar-refractivity contribution < 1.29 is 0 Å². The Labute approximate surface area is 99.0 Å². The zero-order valence-electron chi connectivity index (χ0n) is 11.2. The molecule has 0 amide bonds. The standard InChI is InChI=1S/C13H25N3/c1-6-11-13(10(5)14)12(7-2)16(15-11)8-9(3)4/h9-10H,6-8,14H2,1-5H3. The summed E-state index contributed by atoms with van der Waals surface area (Å²) < 4.78 is 2.15. The minimum Gasteiger partial charge on any atom is -0.324 e.